The average molecular weight is 369 g/mol. The van der Waals surface area contributed by atoms with Crippen molar-refractivity contribution >= 4 is 5.97 Å². The van der Waals surface area contributed by atoms with Crippen molar-refractivity contribution in [2.24, 2.45) is 0 Å². The van der Waals surface area contributed by atoms with Gasteiger partial charge in [0.05, 0.1) is 12.7 Å². The van der Waals surface area contributed by atoms with Crippen LogP contribution in [-0.2, 0) is 9.53 Å². The van der Waals surface area contributed by atoms with Crippen LogP contribution >= 0.6 is 0 Å². The lowest BCUT2D eigenvalue weighted by Gasteiger charge is -2.08. The fourth-order valence-electron chi connectivity index (χ4n) is 2.22. The SMILES string of the molecule is CC/C=C/CC(O)/C=C/C=C/CCCCCCCC(=O)OC[C@@H](O)CO. The standard InChI is InChI=1S/C21H36O5/c1-2-3-11-14-19(23)15-12-9-7-5-4-6-8-10-13-16-21(25)26-18-20(24)17-22/h3,7,9,11-12,15,19-20,22-24H,2,4-6,8,10,13-14,16-18H2,1H3/b9-7+,11-3+,15-12+/t19?,20-/m0/s1. The molecule has 26 heavy (non-hydrogen) atoms. The van der Waals surface area contributed by atoms with Crippen molar-refractivity contribution in [2.75, 3.05) is 13.2 Å². The Labute approximate surface area is 158 Å². The molecule has 0 saturated heterocycles. The van der Waals surface area contributed by atoms with Crippen molar-refractivity contribution in [1.82, 2.24) is 0 Å². The first kappa shape index (κ1) is 24.6. The number of carbonyl (C=O) groups excluding carboxylic acids is 1. The Morgan fingerprint density at radius 1 is 1.00 bits per heavy atom. The van der Waals surface area contributed by atoms with Gasteiger partial charge < -0.3 is 20.1 Å². The number of esters is 1. The molecule has 1 unspecified atom stereocenters. The predicted octanol–water partition coefficient (Wildman–Crippen LogP) is 3.44. The smallest absolute Gasteiger partial charge is 0.305 e. The molecule has 150 valence electrons. The third-order valence-electron chi connectivity index (χ3n) is 3.76. The van der Waals surface area contributed by atoms with Gasteiger partial charge in [-0.1, -0.05) is 62.6 Å². The van der Waals surface area contributed by atoms with Crippen LogP contribution in [-0.4, -0.2) is 46.7 Å². The van der Waals surface area contributed by atoms with Crippen LogP contribution in [0.5, 0.6) is 0 Å². The fraction of sp³-hybridized carbons (Fsp3) is 0.667. The van der Waals surface area contributed by atoms with Gasteiger partial charge in [-0.15, -0.1) is 0 Å². The van der Waals surface area contributed by atoms with Crippen molar-refractivity contribution in [2.45, 2.75) is 76.9 Å². The zero-order valence-electron chi connectivity index (χ0n) is 16.1. The molecular weight excluding hydrogens is 332 g/mol. The Morgan fingerprint density at radius 3 is 2.46 bits per heavy atom. The lowest BCUT2D eigenvalue weighted by Crippen LogP contribution is -2.21. The van der Waals surface area contributed by atoms with Crippen LogP contribution in [0, 0.1) is 0 Å². The zero-order valence-corrected chi connectivity index (χ0v) is 16.1. The van der Waals surface area contributed by atoms with Crippen molar-refractivity contribution in [3.8, 4) is 0 Å². The molecule has 0 aromatic heterocycles. The van der Waals surface area contributed by atoms with Gasteiger partial charge in [-0.25, -0.2) is 0 Å². The maximum atomic E-state index is 11.4. The van der Waals surface area contributed by atoms with E-state index in [9.17, 15) is 9.90 Å². The van der Waals surface area contributed by atoms with Gasteiger partial charge >= 0.3 is 5.97 Å². The zero-order chi connectivity index (χ0) is 19.5. The van der Waals surface area contributed by atoms with Crippen LogP contribution in [0.2, 0.25) is 0 Å². The van der Waals surface area contributed by atoms with Gasteiger partial charge in [0.15, 0.2) is 0 Å². The van der Waals surface area contributed by atoms with Crippen molar-refractivity contribution in [3.05, 3.63) is 36.5 Å². The summed E-state index contributed by atoms with van der Waals surface area (Å²) in [6.45, 7) is 1.54. The highest BCUT2D eigenvalue weighted by atomic mass is 16.5. The lowest BCUT2D eigenvalue weighted by molar-refractivity contribution is -0.147. The number of carbonyl (C=O) groups is 1. The molecule has 0 saturated carbocycles. The van der Waals surface area contributed by atoms with Gasteiger partial charge in [0, 0.05) is 6.42 Å². The average Bonchev–Trinajstić information content (AvgIpc) is 2.64. The number of rotatable bonds is 16. The van der Waals surface area contributed by atoms with Gasteiger partial charge in [-0.3, -0.25) is 4.79 Å². The summed E-state index contributed by atoms with van der Waals surface area (Å²) < 4.78 is 4.84. The Kier molecular flexibility index (Phi) is 17.4. The minimum Gasteiger partial charge on any atom is -0.463 e. The van der Waals surface area contributed by atoms with Gasteiger partial charge in [-0.2, -0.15) is 0 Å². The summed E-state index contributed by atoms with van der Waals surface area (Å²) in [6, 6.07) is 0. The summed E-state index contributed by atoms with van der Waals surface area (Å²) in [6.07, 6.45) is 18.5. The van der Waals surface area contributed by atoms with Crippen LogP contribution in [0.3, 0.4) is 0 Å². The highest BCUT2D eigenvalue weighted by Crippen LogP contribution is 2.08. The largest absolute Gasteiger partial charge is 0.463 e. The second kappa shape index (κ2) is 18.4. The Morgan fingerprint density at radius 2 is 1.73 bits per heavy atom. The first-order chi connectivity index (χ1) is 12.6. The van der Waals surface area contributed by atoms with Crippen molar-refractivity contribution < 1.29 is 24.9 Å². The maximum Gasteiger partial charge on any atom is 0.305 e. The summed E-state index contributed by atoms with van der Waals surface area (Å²) in [7, 11) is 0. The van der Waals surface area contributed by atoms with E-state index >= 15 is 0 Å². The molecule has 0 fully saturated rings. The molecule has 5 heteroatoms. The minimum absolute atomic E-state index is 0.136. The van der Waals surface area contributed by atoms with Crippen LogP contribution in [0.15, 0.2) is 36.5 Å². The number of allylic oxidation sites excluding steroid dienone is 4. The number of unbranched alkanes of at least 4 members (excludes halogenated alkanes) is 5. The molecule has 0 spiro atoms. The van der Waals surface area contributed by atoms with E-state index in [1.54, 1.807) is 6.08 Å². The molecular formula is C21H36O5. The molecule has 0 aliphatic rings. The molecule has 0 radical (unpaired) electrons. The van der Waals surface area contributed by atoms with Crippen molar-refractivity contribution in [3.63, 3.8) is 0 Å². The van der Waals surface area contributed by atoms with E-state index in [0.29, 0.717) is 12.8 Å². The monoisotopic (exact) mass is 368 g/mol. The van der Waals surface area contributed by atoms with E-state index in [4.69, 9.17) is 14.9 Å². The highest BCUT2D eigenvalue weighted by molar-refractivity contribution is 5.69. The summed E-state index contributed by atoms with van der Waals surface area (Å²) in [5, 5.41) is 27.4. The first-order valence-corrected chi connectivity index (χ1v) is 9.71. The second-order valence-corrected chi connectivity index (χ2v) is 6.32. The van der Waals surface area contributed by atoms with Crippen LogP contribution in [0.1, 0.15) is 64.7 Å². The molecule has 0 bridgehead atoms. The highest BCUT2D eigenvalue weighted by Gasteiger charge is 2.07. The fourth-order valence-corrected chi connectivity index (χ4v) is 2.22. The Balaban J connectivity index is 3.47. The normalized spacial score (nSPS) is 14.5. The van der Waals surface area contributed by atoms with Gasteiger partial charge in [0.1, 0.15) is 12.7 Å². The topological polar surface area (TPSA) is 87.0 Å². The lowest BCUT2D eigenvalue weighted by atomic mass is 10.1. The van der Waals surface area contributed by atoms with E-state index in [-0.39, 0.29) is 12.6 Å². The second-order valence-electron chi connectivity index (χ2n) is 6.32. The molecule has 0 rings (SSSR count). The van der Waals surface area contributed by atoms with E-state index < -0.39 is 18.8 Å². The van der Waals surface area contributed by atoms with Crippen LogP contribution < -0.4 is 0 Å². The third-order valence-corrected chi connectivity index (χ3v) is 3.76. The summed E-state index contributed by atoms with van der Waals surface area (Å²) in [5.74, 6) is -0.320. The molecule has 0 heterocycles. The molecule has 0 aliphatic carbocycles. The number of ether oxygens (including phenoxy) is 1. The predicted molar refractivity (Wildman–Crippen MR) is 105 cm³/mol. The number of hydrogen-bond acceptors (Lipinski definition) is 5. The molecule has 2 atom stereocenters. The minimum atomic E-state index is -0.983. The van der Waals surface area contributed by atoms with E-state index in [1.807, 2.05) is 18.2 Å². The summed E-state index contributed by atoms with van der Waals surface area (Å²) in [5.41, 5.74) is 0. The summed E-state index contributed by atoms with van der Waals surface area (Å²) >= 11 is 0. The quantitative estimate of drug-likeness (QED) is 0.168. The van der Waals surface area contributed by atoms with Gasteiger partial charge in [0.2, 0.25) is 0 Å². The van der Waals surface area contributed by atoms with Crippen LogP contribution in [0.4, 0.5) is 0 Å². The van der Waals surface area contributed by atoms with Crippen LogP contribution in [0.25, 0.3) is 0 Å². The van der Waals surface area contributed by atoms with Crippen molar-refractivity contribution in [1.29, 1.82) is 0 Å². The third kappa shape index (κ3) is 17.4. The molecule has 0 aromatic carbocycles. The molecule has 0 aromatic rings. The molecule has 0 aliphatic heterocycles. The first-order valence-electron chi connectivity index (χ1n) is 9.71. The van der Waals surface area contributed by atoms with Gasteiger partial charge in [-0.05, 0) is 32.1 Å². The number of hydrogen-bond donors (Lipinski definition) is 3. The van der Waals surface area contributed by atoms with E-state index in [1.165, 1.54) is 0 Å². The molecule has 0 amide bonds. The van der Waals surface area contributed by atoms with E-state index in [0.717, 1.165) is 44.9 Å². The Hall–Kier alpha value is -1.43. The maximum absolute atomic E-state index is 11.4. The number of aliphatic hydroxyl groups is 3. The summed E-state index contributed by atoms with van der Waals surface area (Å²) in [4.78, 5) is 11.4. The molecule has 3 N–H and O–H groups in total. The molecule has 5 nitrogen and oxygen atoms in total. The number of aliphatic hydroxyl groups excluding tert-OH is 3. The van der Waals surface area contributed by atoms with Gasteiger partial charge in [0.25, 0.3) is 0 Å². The van der Waals surface area contributed by atoms with E-state index in [2.05, 4.69) is 19.1 Å². The Bertz CT molecular complexity index is 415.